The number of esters is 2. The fourth-order valence-corrected chi connectivity index (χ4v) is 4.23. The number of phosphoric ester groups is 1. The highest BCUT2D eigenvalue weighted by atomic mass is 31.2. The second kappa shape index (κ2) is 30.5. The third-order valence-electron chi connectivity index (χ3n) is 6.22. The number of carbonyl (C=O) groups excluding carboxylic acids is 2. The molecule has 0 saturated heterocycles. The predicted octanol–water partition coefficient (Wildman–Crippen LogP) is 9.17. The maximum atomic E-state index is 12.3. The molecule has 1 unspecified atom stereocenters. The van der Waals surface area contributed by atoms with Gasteiger partial charge in [-0.2, -0.15) is 0 Å². The van der Waals surface area contributed by atoms with Crippen molar-refractivity contribution >= 4 is 19.8 Å². The maximum absolute atomic E-state index is 12.3. The molecular weight excluding hydrogens is 579 g/mol. The van der Waals surface area contributed by atoms with Crippen LogP contribution in [-0.2, 0) is 28.2 Å². The molecule has 2 N–H and O–H groups in total. The van der Waals surface area contributed by atoms with Crippen LogP contribution in [-0.4, -0.2) is 41.0 Å². The molecule has 0 aliphatic heterocycles. The average molecular weight is 637 g/mol. The van der Waals surface area contributed by atoms with Crippen LogP contribution >= 0.6 is 7.82 Å². The first-order chi connectivity index (χ1) is 21.3. The van der Waals surface area contributed by atoms with E-state index in [-0.39, 0.29) is 19.4 Å². The Labute approximate surface area is 266 Å². The summed E-state index contributed by atoms with van der Waals surface area (Å²) in [6.45, 7) is 3.36. The van der Waals surface area contributed by atoms with Gasteiger partial charge in [0.2, 0.25) is 0 Å². The molecule has 0 aliphatic rings. The van der Waals surface area contributed by atoms with E-state index in [1.165, 1.54) is 0 Å². The number of ether oxygens (including phenoxy) is 2. The summed E-state index contributed by atoms with van der Waals surface area (Å²) in [4.78, 5) is 42.5. The lowest BCUT2D eigenvalue weighted by Crippen LogP contribution is -2.29. The molecule has 0 spiro atoms. The van der Waals surface area contributed by atoms with E-state index in [1.54, 1.807) is 0 Å². The minimum absolute atomic E-state index is 0.166. The van der Waals surface area contributed by atoms with Crippen molar-refractivity contribution in [2.24, 2.45) is 0 Å². The first kappa shape index (κ1) is 41.5. The largest absolute Gasteiger partial charge is 0.469 e. The summed E-state index contributed by atoms with van der Waals surface area (Å²) >= 11 is 0. The summed E-state index contributed by atoms with van der Waals surface area (Å²) in [7, 11) is -4.76. The van der Waals surface area contributed by atoms with Crippen molar-refractivity contribution in [3.05, 3.63) is 72.9 Å². The zero-order valence-corrected chi connectivity index (χ0v) is 27.9. The molecule has 0 radical (unpaired) electrons. The van der Waals surface area contributed by atoms with E-state index >= 15 is 0 Å². The quantitative estimate of drug-likeness (QED) is 0.0378. The highest BCUT2D eigenvalue weighted by Crippen LogP contribution is 2.35. The number of rotatable bonds is 28. The Morgan fingerprint density at radius 1 is 0.591 bits per heavy atom. The van der Waals surface area contributed by atoms with Crippen LogP contribution in [0.1, 0.15) is 117 Å². The Morgan fingerprint density at radius 2 is 1.02 bits per heavy atom. The topological polar surface area (TPSA) is 119 Å². The number of carbonyl (C=O) groups is 2. The molecular formula is C35H57O8P. The Kier molecular flexibility index (Phi) is 28.8. The van der Waals surface area contributed by atoms with Crippen LogP contribution in [0, 0.1) is 0 Å². The van der Waals surface area contributed by atoms with Crippen LogP contribution < -0.4 is 0 Å². The highest BCUT2D eigenvalue weighted by Gasteiger charge is 2.22. The average Bonchev–Trinajstić information content (AvgIpc) is 2.98. The summed E-state index contributed by atoms with van der Waals surface area (Å²) in [5.74, 6) is -0.966. The van der Waals surface area contributed by atoms with Crippen molar-refractivity contribution in [3.8, 4) is 0 Å². The second-order valence-electron chi connectivity index (χ2n) is 10.4. The van der Waals surface area contributed by atoms with Gasteiger partial charge in [-0.25, -0.2) is 4.57 Å². The minimum atomic E-state index is -4.76. The standard InChI is InChI=1S/C35H57O8P/c1-3-5-7-9-11-13-15-17-19-21-23-25-27-29-34(36)41-31-33(32-42-44(38,39)40)43-35(37)30-28-26-24-22-20-18-16-14-12-10-8-6-4-2/h5-8,11-14,17-20,33H,3-4,9-10,15-16,21-32H2,1-2H3,(H2,38,39,40)/b7-5-,8-6-,13-11-,14-12-,19-17-,20-18-. The molecule has 0 aromatic carbocycles. The molecule has 0 saturated carbocycles. The van der Waals surface area contributed by atoms with Crippen LogP contribution in [0.15, 0.2) is 72.9 Å². The molecule has 250 valence electrons. The molecule has 0 aromatic heterocycles. The first-order valence-corrected chi connectivity index (χ1v) is 17.8. The summed E-state index contributed by atoms with van der Waals surface area (Å²) < 4.78 is 26.1. The fraction of sp³-hybridized carbons (Fsp3) is 0.600. The molecule has 1 atom stereocenters. The molecule has 8 nitrogen and oxygen atoms in total. The SMILES string of the molecule is CC/C=C\C/C=C\C/C=C\CCCCCC(=O)OCC(COP(=O)(O)O)OC(=O)CCCCC/C=C\C/C=C\C/C=C\CC. The molecule has 0 heterocycles. The van der Waals surface area contributed by atoms with Gasteiger partial charge in [-0.05, 0) is 77.0 Å². The minimum Gasteiger partial charge on any atom is -0.462 e. The van der Waals surface area contributed by atoms with E-state index in [1.807, 2.05) is 0 Å². The normalized spacial score (nSPS) is 13.5. The van der Waals surface area contributed by atoms with E-state index in [0.29, 0.717) is 12.8 Å². The van der Waals surface area contributed by atoms with Gasteiger partial charge in [-0.1, -0.05) is 99.6 Å². The van der Waals surface area contributed by atoms with Gasteiger partial charge in [0.05, 0.1) is 6.61 Å². The van der Waals surface area contributed by atoms with Crippen LogP contribution in [0.5, 0.6) is 0 Å². The lowest BCUT2D eigenvalue weighted by molar-refractivity contribution is -0.161. The van der Waals surface area contributed by atoms with Gasteiger partial charge in [-0.3, -0.25) is 14.1 Å². The van der Waals surface area contributed by atoms with Crippen molar-refractivity contribution in [1.82, 2.24) is 0 Å². The lowest BCUT2D eigenvalue weighted by atomic mass is 10.1. The van der Waals surface area contributed by atoms with Crippen LogP contribution in [0.25, 0.3) is 0 Å². The number of hydrogen-bond acceptors (Lipinski definition) is 6. The summed E-state index contributed by atoms with van der Waals surface area (Å²) in [5.41, 5.74) is 0. The first-order valence-electron chi connectivity index (χ1n) is 16.2. The third kappa shape index (κ3) is 32.4. The summed E-state index contributed by atoms with van der Waals surface area (Å²) in [6.07, 6.45) is 37.7. The third-order valence-corrected chi connectivity index (χ3v) is 6.71. The van der Waals surface area contributed by atoms with Crippen molar-refractivity contribution in [2.45, 2.75) is 123 Å². The van der Waals surface area contributed by atoms with Crippen molar-refractivity contribution in [3.63, 3.8) is 0 Å². The molecule has 9 heteroatoms. The molecule has 0 aliphatic carbocycles. The fourth-order valence-electron chi connectivity index (χ4n) is 3.87. The zero-order valence-electron chi connectivity index (χ0n) is 27.0. The summed E-state index contributed by atoms with van der Waals surface area (Å²) in [6, 6.07) is 0. The molecule has 0 aromatic rings. The zero-order chi connectivity index (χ0) is 32.6. The van der Waals surface area contributed by atoms with Gasteiger partial charge in [0.1, 0.15) is 6.61 Å². The van der Waals surface area contributed by atoms with Crippen molar-refractivity contribution in [2.75, 3.05) is 13.2 Å². The van der Waals surface area contributed by atoms with Crippen LogP contribution in [0.4, 0.5) is 0 Å². The van der Waals surface area contributed by atoms with Crippen LogP contribution in [0.3, 0.4) is 0 Å². The molecule has 0 amide bonds. The smallest absolute Gasteiger partial charge is 0.462 e. The number of hydrogen-bond donors (Lipinski definition) is 2. The van der Waals surface area contributed by atoms with Crippen molar-refractivity contribution < 1.29 is 37.9 Å². The monoisotopic (exact) mass is 636 g/mol. The van der Waals surface area contributed by atoms with E-state index in [4.69, 9.17) is 19.3 Å². The summed E-state index contributed by atoms with van der Waals surface area (Å²) in [5, 5.41) is 0. The van der Waals surface area contributed by atoms with E-state index in [0.717, 1.165) is 77.0 Å². The maximum Gasteiger partial charge on any atom is 0.469 e. The Bertz CT molecular complexity index is 942. The van der Waals surface area contributed by atoms with Gasteiger partial charge in [-0.15, -0.1) is 0 Å². The van der Waals surface area contributed by atoms with Gasteiger partial charge in [0, 0.05) is 12.8 Å². The van der Waals surface area contributed by atoms with Crippen LogP contribution in [0.2, 0.25) is 0 Å². The van der Waals surface area contributed by atoms with Gasteiger partial charge >= 0.3 is 19.8 Å². The van der Waals surface area contributed by atoms with Gasteiger partial charge in [0.15, 0.2) is 6.10 Å². The Hall–Kier alpha value is -2.51. The van der Waals surface area contributed by atoms with Crippen molar-refractivity contribution in [1.29, 1.82) is 0 Å². The number of phosphoric acid groups is 1. The van der Waals surface area contributed by atoms with E-state index in [2.05, 4.69) is 91.3 Å². The van der Waals surface area contributed by atoms with E-state index in [9.17, 15) is 14.2 Å². The van der Waals surface area contributed by atoms with E-state index < -0.39 is 32.5 Å². The number of unbranched alkanes of at least 4 members (excludes halogenated alkanes) is 6. The van der Waals surface area contributed by atoms with Gasteiger partial charge < -0.3 is 19.3 Å². The molecule has 0 bridgehead atoms. The predicted molar refractivity (Wildman–Crippen MR) is 179 cm³/mol. The molecule has 44 heavy (non-hydrogen) atoms. The highest BCUT2D eigenvalue weighted by molar-refractivity contribution is 7.46. The lowest BCUT2D eigenvalue weighted by Gasteiger charge is -2.18. The molecule has 0 fully saturated rings. The second-order valence-corrected chi connectivity index (χ2v) is 11.6. The Morgan fingerprint density at radius 3 is 1.48 bits per heavy atom. The number of allylic oxidation sites excluding steroid dienone is 12. The Balaban J connectivity index is 4.16. The molecule has 0 rings (SSSR count). The van der Waals surface area contributed by atoms with Gasteiger partial charge in [0.25, 0.3) is 0 Å².